The molecule has 0 aromatic carbocycles. The van der Waals surface area contributed by atoms with Crippen LogP contribution in [0.4, 0.5) is 0 Å². The second-order valence-corrected chi connectivity index (χ2v) is 6.02. The van der Waals surface area contributed by atoms with Gasteiger partial charge < -0.3 is 0 Å². The van der Waals surface area contributed by atoms with E-state index in [9.17, 15) is 13.2 Å². The van der Waals surface area contributed by atoms with Crippen molar-refractivity contribution >= 4 is 21.5 Å². The van der Waals surface area contributed by atoms with Crippen LogP contribution in [0.1, 0.15) is 20.3 Å². The lowest BCUT2D eigenvalue weighted by atomic mass is 10.0. The van der Waals surface area contributed by atoms with E-state index in [1.165, 1.54) is 5.01 Å². The second-order valence-electron chi connectivity index (χ2n) is 3.76. The molecule has 86 valence electrons. The van der Waals surface area contributed by atoms with E-state index in [4.69, 9.17) is 0 Å². The van der Waals surface area contributed by atoms with Crippen molar-refractivity contribution in [3.8, 4) is 0 Å². The first-order chi connectivity index (χ1) is 6.85. The van der Waals surface area contributed by atoms with Gasteiger partial charge in [-0.1, -0.05) is 6.92 Å². The Hall–Kier alpha value is -0.910. The maximum atomic E-state index is 11.6. The van der Waals surface area contributed by atoms with E-state index in [0.29, 0.717) is 0 Å². The molecule has 1 rings (SSSR count). The van der Waals surface area contributed by atoms with Crippen LogP contribution in [0.3, 0.4) is 0 Å². The second kappa shape index (κ2) is 4.30. The van der Waals surface area contributed by atoms with Gasteiger partial charge in [0, 0.05) is 6.26 Å². The minimum Gasteiger partial charge on any atom is -0.272 e. The Balaban J connectivity index is 2.65. The molecule has 1 aliphatic heterocycles. The topological polar surface area (TPSA) is 66.8 Å². The van der Waals surface area contributed by atoms with Crippen molar-refractivity contribution in [1.82, 2.24) is 5.01 Å². The van der Waals surface area contributed by atoms with E-state index in [1.54, 1.807) is 6.92 Å². The summed E-state index contributed by atoms with van der Waals surface area (Å²) >= 11 is 0. The first-order valence-corrected chi connectivity index (χ1v) is 6.97. The molecule has 0 saturated heterocycles. The fourth-order valence-corrected chi connectivity index (χ4v) is 1.95. The minimum atomic E-state index is -3.04. The number of hydrazone groups is 1. The van der Waals surface area contributed by atoms with Gasteiger partial charge in [0.2, 0.25) is 0 Å². The molecule has 1 amide bonds. The van der Waals surface area contributed by atoms with Crippen LogP contribution in [0.15, 0.2) is 5.10 Å². The molecule has 0 N–H and O–H groups in total. The van der Waals surface area contributed by atoms with E-state index in [0.717, 1.165) is 18.4 Å². The number of carbonyl (C=O) groups excluding carboxylic acids is 1. The number of hydrogen-bond donors (Lipinski definition) is 0. The zero-order valence-corrected chi connectivity index (χ0v) is 10.0. The fraction of sp³-hybridized carbons (Fsp3) is 0.778. The first-order valence-electron chi connectivity index (χ1n) is 4.91. The molecule has 15 heavy (non-hydrogen) atoms. The van der Waals surface area contributed by atoms with Crippen molar-refractivity contribution < 1.29 is 13.2 Å². The number of hydrogen-bond acceptors (Lipinski definition) is 4. The molecule has 1 aliphatic rings. The highest BCUT2D eigenvalue weighted by Gasteiger charge is 2.31. The molecule has 0 fully saturated rings. The van der Waals surface area contributed by atoms with E-state index >= 15 is 0 Å². The number of amides is 1. The molecule has 0 aromatic heterocycles. The summed E-state index contributed by atoms with van der Waals surface area (Å²) in [6, 6.07) is 0. The van der Waals surface area contributed by atoms with Gasteiger partial charge in [-0.2, -0.15) is 5.10 Å². The van der Waals surface area contributed by atoms with Crippen LogP contribution in [0.25, 0.3) is 0 Å². The molecule has 5 nitrogen and oxygen atoms in total. The quantitative estimate of drug-likeness (QED) is 0.699. The highest BCUT2D eigenvalue weighted by atomic mass is 32.2. The molecule has 0 bridgehead atoms. The molecule has 0 radical (unpaired) electrons. The largest absolute Gasteiger partial charge is 0.272 e. The summed E-state index contributed by atoms with van der Waals surface area (Å²) in [4.78, 5) is 11.6. The average molecular weight is 232 g/mol. The third kappa shape index (κ3) is 3.02. The molecule has 1 atom stereocenters. The van der Waals surface area contributed by atoms with Crippen LogP contribution in [0.2, 0.25) is 0 Å². The SMILES string of the molecule is CCC1=NN(CCS(C)(=O)=O)C(=O)C1C. The van der Waals surface area contributed by atoms with Crippen LogP contribution in [-0.2, 0) is 14.6 Å². The van der Waals surface area contributed by atoms with Crippen molar-refractivity contribution in [3.63, 3.8) is 0 Å². The highest BCUT2D eigenvalue weighted by molar-refractivity contribution is 7.90. The van der Waals surface area contributed by atoms with Crippen molar-refractivity contribution in [2.75, 3.05) is 18.6 Å². The number of nitrogens with zero attached hydrogens (tertiary/aromatic N) is 2. The van der Waals surface area contributed by atoms with E-state index < -0.39 is 9.84 Å². The van der Waals surface area contributed by atoms with Gasteiger partial charge >= 0.3 is 0 Å². The van der Waals surface area contributed by atoms with Crippen molar-refractivity contribution in [1.29, 1.82) is 0 Å². The Morgan fingerprint density at radius 3 is 2.47 bits per heavy atom. The minimum absolute atomic E-state index is 0.0358. The Bertz CT molecular complexity index is 386. The standard InChI is InChI=1S/C9H16N2O3S/c1-4-8-7(2)9(12)11(10-8)5-6-15(3,13)14/h7H,4-6H2,1-3H3. The average Bonchev–Trinajstić information content (AvgIpc) is 2.40. The smallest absolute Gasteiger partial charge is 0.251 e. The maximum absolute atomic E-state index is 11.6. The molecular formula is C9H16N2O3S. The van der Waals surface area contributed by atoms with Crippen molar-refractivity contribution in [3.05, 3.63) is 0 Å². The summed E-state index contributed by atoms with van der Waals surface area (Å²) < 4.78 is 21.9. The normalized spacial score (nSPS) is 22.1. The highest BCUT2D eigenvalue weighted by Crippen LogP contribution is 2.16. The number of sulfone groups is 1. The number of carbonyl (C=O) groups is 1. The molecule has 0 aliphatic carbocycles. The zero-order chi connectivity index (χ0) is 11.6. The van der Waals surface area contributed by atoms with Crippen LogP contribution >= 0.6 is 0 Å². The Morgan fingerprint density at radius 1 is 1.47 bits per heavy atom. The summed E-state index contributed by atoms with van der Waals surface area (Å²) in [5, 5.41) is 5.38. The van der Waals surface area contributed by atoms with Gasteiger partial charge in [-0.05, 0) is 13.3 Å². The zero-order valence-electron chi connectivity index (χ0n) is 9.23. The van der Waals surface area contributed by atoms with E-state index in [-0.39, 0.29) is 24.1 Å². The maximum Gasteiger partial charge on any atom is 0.251 e. The summed E-state index contributed by atoms with van der Waals surface area (Å²) in [6.45, 7) is 3.89. The Morgan fingerprint density at radius 2 is 2.07 bits per heavy atom. The predicted octanol–water partition coefficient (Wildman–Crippen LogP) is 0.275. The van der Waals surface area contributed by atoms with Gasteiger partial charge in [-0.25, -0.2) is 13.4 Å². The van der Waals surface area contributed by atoms with Crippen molar-refractivity contribution in [2.24, 2.45) is 11.0 Å². The van der Waals surface area contributed by atoms with Crippen LogP contribution < -0.4 is 0 Å². The Labute approximate surface area is 90.1 Å². The Kier molecular flexibility index (Phi) is 3.49. The monoisotopic (exact) mass is 232 g/mol. The van der Waals surface area contributed by atoms with Crippen LogP contribution in [0.5, 0.6) is 0 Å². The third-order valence-corrected chi connectivity index (χ3v) is 3.33. The number of rotatable bonds is 4. The van der Waals surface area contributed by atoms with Gasteiger partial charge in [0.25, 0.3) is 5.91 Å². The molecule has 1 unspecified atom stereocenters. The fourth-order valence-electron chi connectivity index (χ4n) is 1.45. The summed E-state index contributed by atoms with van der Waals surface area (Å²) in [7, 11) is -3.04. The van der Waals surface area contributed by atoms with Gasteiger partial charge in [0.1, 0.15) is 9.84 Å². The van der Waals surface area contributed by atoms with Crippen LogP contribution in [0, 0.1) is 5.92 Å². The summed E-state index contributed by atoms with van der Waals surface area (Å²) in [6.07, 6.45) is 1.88. The lowest BCUT2D eigenvalue weighted by Crippen LogP contribution is -2.30. The summed E-state index contributed by atoms with van der Waals surface area (Å²) in [5.41, 5.74) is 0.827. The molecule has 0 spiro atoms. The molecular weight excluding hydrogens is 216 g/mol. The molecule has 0 aromatic rings. The lowest BCUT2D eigenvalue weighted by Gasteiger charge is -2.11. The predicted molar refractivity (Wildman–Crippen MR) is 58.3 cm³/mol. The van der Waals surface area contributed by atoms with Gasteiger partial charge in [-0.15, -0.1) is 0 Å². The van der Waals surface area contributed by atoms with E-state index in [1.807, 2.05) is 6.92 Å². The van der Waals surface area contributed by atoms with Gasteiger partial charge in [-0.3, -0.25) is 4.79 Å². The lowest BCUT2D eigenvalue weighted by molar-refractivity contribution is -0.131. The molecule has 1 heterocycles. The molecule has 0 saturated carbocycles. The summed E-state index contributed by atoms with van der Waals surface area (Å²) in [5.74, 6) is -0.337. The first kappa shape index (κ1) is 12.2. The van der Waals surface area contributed by atoms with Gasteiger partial charge in [0.15, 0.2) is 0 Å². The third-order valence-electron chi connectivity index (χ3n) is 2.41. The van der Waals surface area contributed by atoms with Crippen molar-refractivity contribution in [2.45, 2.75) is 20.3 Å². The van der Waals surface area contributed by atoms with Gasteiger partial charge in [0.05, 0.1) is 23.9 Å². The van der Waals surface area contributed by atoms with E-state index in [2.05, 4.69) is 5.10 Å². The van der Waals surface area contributed by atoms with Crippen LogP contribution in [-0.4, -0.2) is 43.6 Å². The molecule has 6 heteroatoms.